The molecule has 2 aromatic heterocycles. The number of amides is 1. The first-order valence-corrected chi connectivity index (χ1v) is 9.84. The van der Waals surface area contributed by atoms with E-state index < -0.39 is 0 Å². The van der Waals surface area contributed by atoms with Gasteiger partial charge in [-0.25, -0.2) is 9.97 Å². The van der Waals surface area contributed by atoms with Gasteiger partial charge in [0.1, 0.15) is 12.1 Å². The van der Waals surface area contributed by atoms with Crippen LogP contribution in [0.15, 0.2) is 29.2 Å². The number of piperidine rings is 1. The quantitative estimate of drug-likeness (QED) is 0.844. The molecule has 0 N–H and O–H groups in total. The molecular weight excluding hydrogens is 332 g/mol. The Kier molecular flexibility index (Phi) is 4.23. The van der Waals surface area contributed by atoms with E-state index in [1.54, 1.807) is 24.6 Å². The van der Waals surface area contributed by atoms with Crippen LogP contribution < -0.4 is 4.90 Å². The third kappa shape index (κ3) is 3.27. The van der Waals surface area contributed by atoms with E-state index in [-0.39, 0.29) is 5.91 Å². The Hall–Kier alpha value is -1.95. The number of carbonyl (C=O) groups excluding carboxylic acids is 1. The predicted octanol–water partition coefficient (Wildman–Crippen LogP) is 3.25. The van der Waals surface area contributed by atoms with E-state index in [0.29, 0.717) is 11.5 Å². The van der Waals surface area contributed by atoms with E-state index in [9.17, 15) is 4.79 Å². The average Bonchev–Trinajstić information content (AvgIpc) is 3.04. The molecule has 1 spiro atoms. The second kappa shape index (κ2) is 6.41. The molecule has 0 bridgehead atoms. The zero-order chi connectivity index (χ0) is 17.4. The van der Waals surface area contributed by atoms with Gasteiger partial charge in [0.15, 0.2) is 0 Å². The van der Waals surface area contributed by atoms with E-state index in [0.717, 1.165) is 50.4 Å². The third-order valence-electron chi connectivity index (χ3n) is 5.73. The van der Waals surface area contributed by atoms with Crippen LogP contribution in [0.1, 0.15) is 37.4 Å². The van der Waals surface area contributed by atoms with Gasteiger partial charge in [-0.2, -0.15) is 11.3 Å². The number of anilines is 1. The number of rotatable bonds is 4. The standard InChI is InChI=1S/C19H24N4OS/c1-14-9-18(21-13-20-14)22-6-4-19(5-7-22)10-17(19)23(15(2)24)11-16-3-8-25-12-16/h3,8-9,12-13,17H,4-7,10-11H2,1-2H3/t17-/m1/s1. The van der Waals surface area contributed by atoms with Gasteiger partial charge in [-0.1, -0.05) is 0 Å². The Labute approximate surface area is 152 Å². The maximum absolute atomic E-state index is 12.2. The van der Waals surface area contributed by atoms with E-state index in [4.69, 9.17) is 0 Å². The van der Waals surface area contributed by atoms with Crippen LogP contribution in [0.25, 0.3) is 0 Å². The highest BCUT2D eigenvalue weighted by molar-refractivity contribution is 7.07. The summed E-state index contributed by atoms with van der Waals surface area (Å²) in [6.45, 7) is 6.48. The van der Waals surface area contributed by atoms with Crippen molar-refractivity contribution in [3.63, 3.8) is 0 Å². The SMILES string of the molecule is CC(=O)N(Cc1ccsc1)[C@@H]1CC12CCN(c1cc(C)ncn1)CC2. The molecule has 5 nitrogen and oxygen atoms in total. The van der Waals surface area contributed by atoms with Crippen molar-refractivity contribution >= 4 is 23.1 Å². The molecule has 3 heterocycles. The van der Waals surface area contributed by atoms with Gasteiger partial charge in [-0.05, 0) is 54.0 Å². The molecule has 0 radical (unpaired) electrons. The highest BCUT2D eigenvalue weighted by Crippen LogP contribution is 2.57. The fourth-order valence-corrected chi connectivity index (χ4v) is 4.78. The van der Waals surface area contributed by atoms with Crippen LogP contribution >= 0.6 is 11.3 Å². The topological polar surface area (TPSA) is 49.3 Å². The fourth-order valence-electron chi connectivity index (χ4n) is 4.12. The van der Waals surface area contributed by atoms with Crippen LogP contribution in [0.3, 0.4) is 0 Å². The predicted molar refractivity (Wildman–Crippen MR) is 99.6 cm³/mol. The molecule has 25 heavy (non-hydrogen) atoms. The summed E-state index contributed by atoms with van der Waals surface area (Å²) in [5.41, 5.74) is 2.57. The molecule has 2 aliphatic rings. The number of carbonyl (C=O) groups is 1. The van der Waals surface area contributed by atoms with Gasteiger partial charge >= 0.3 is 0 Å². The molecule has 6 heteroatoms. The molecule has 132 valence electrons. The lowest BCUT2D eigenvalue weighted by atomic mass is 9.92. The van der Waals surface area contributed by atoms with E-state index in [1.807, 2.05) is 6.92 Å². The van der Waals surface area contributed by atoms with Gasteiger partial charge in [0, 0.05) is 44.4 Å². The van der Waals surface area contributed by atoms with Crippen molar-refractivity contribution in [2.24, 2.45) is 5.41 Å². The van der Waals surface area contributed by atoms with Gasteiger partial charge in [-0.15, -0.1) is 0 Å². The second-order valence-electron chi connectivity index (χ2n) is 7.37. The monoisotopic (exact) mass is 356 g/mol. The Morgan fingerprint density at radius 1 is 1.40 bits per heavy atom. The molecule has 1 aliphatic heterocycles. The number of aryl methyl sites for hydroxylation is 1. The maximum Gasteiger partial charge on any atom is 0.220 e. The first-order valence-electron chi connectivity index (χ1n) is 8.89. The van der Waals surface area contributed by atoms with Crippen molar-refractivity contribution in [1.82, 2.24) is 14.9 Å². The Morgan fingerprint density at radius 2 is 2.20 bits per heavy atom. The van der Waals surface area contributed by atoms with Gasteiger partial charge in [0.05, 0.1) is 0 Å². The molecule has 1 saturated heterocycles. The summed E-state index contributed by atoms with van der Waals surface area (Å²) in [4.78, 5) is 25.2. The van der Waals surface area contributed by atoms with E-state index in [1.165, 1.54) is 5.56 Å². The summed E-state index contributed by atoms with van der Waals surface area (Å²) in [6.07, 6.45) is 5.06. The molecule has 1 aliphatic carbocycles. The minimum Gasteiger partial charge on any atom is -0.356 e. The van der Waals surface area contributed by atoms with Crippen molar-refractivity contribution < 1.29 is 4.79 Å². The van der Waals surface area contributed by atoms with E-state index in [2.05, 4.69) is 42.7 Å². The van der Waals surface area contributed by atoms with Crippen molar-refractivity contribution in [1.29, 1.82) is 0 Å². The summed E-state index contributed by atoms with van der Waals surface area (Å²) in [6, 6.07) is 4.58. The summed E-state index contributed by atoms with van der Waals surface area (Å²) < 4.78 is 0. The number of nitrogens with zero attached hydrogens (tertiary/aromatic N) is 4. The Bertz CT molecular complexity index is 753. The van der Waals surface area contributed by atoms with Gasteiger partial charge in [0.2, 0.25) is 5.91 Å². The summed E-state index contributed by atoms with van der Waals surface area (Å²) >= 11 is 1.69. The van der Waals surface area contributed by atoms with Crippen molar-refractivity contribution in [2.45, 2.75) is 45.7 Å². The zero-order valence-corrected chi connectivity index (χ0v) is 15.6. The lowest BCUT2D eigenvalue weighted by molar-refractivity contribution is -0.130. The van der Waals surface area contributed by atoms with Crippen molar-refractivity contribution in [3.8, 4) is 0 Å². The molecule has 1 saturated carbocycles. The first kappa shape index (κ1) is 16.5. The molecular formula is C19H24N4OS. The van der Waals surface area contributed by atoms with Crippen LogP contribution in [0.2, 0.25) is 0 Å². The maximum atomic E-state index is 12.2. The average molecular weight is 356 g/mol. The smallest absolute Gasteiger partial charge is 0.220 e. The van der Waals surface area contributed by atoms with Gasteiger partial charge in [-0.3, -0.25) is 4.79 Å². The molecule has 2 aromatic rings. The van der Waals surface area contributed by atoms with Crippen LogP contribution in [-0.4, -0.2) is 39.9 Å². The lowest BCUT2D eigenvalue weighted by Crippen LogP contribution is -2.40. The second-order valence-corrected chi connectivity index (χ2v) is 8.15. The van der Waals surface area contributed by atoms with Crippen molar-refractivity contribution in [3.05, 3.63) is 40.5 Å². The van der Waals surface area contributed by atoms with Crippen LogP contribution in [0.4, 0.5) is 5.82 Å². The molecule has 0 aromatic carbocycles. The molecule has 1 amide bonds. The summed E-state index contributed by atoms with van der Waals surface area (Å²) in [5, 5.41) is 4.23. The minimum atomic E-state index is 0.196. The number of aromatic nitrogens is 2. The third-order valence-corrected chi connectivity index (χ3v) is 6.46. The lowest BCUT2D eigenvalue weighted by Gasteiger charge is -2.35. The normalized spacial score (nSPS) is 21.4. The van der Waals surface area contributed by atoms with Gasteiger partial charge in [0.25, 0.3) is 0 Å². The summed E-state index contributed by atoms with van der Waals surface area (Å²) in [5.74, 6) is 1.23. The first-order chi connectivity index (χ1) is 12.1. The number of thiophene rings is 1. The van der Waals surface area contributed by atoms with Gasteiger partial charge < -0.3 is 9.80 Å². The summed E-state index contributed by atoms with van der Waals surface area (Å²) in [7, 11) is 0. The molecule has 0 unspecified atom stereocenters. The zero-order valence-electron chi connectivity index (χ0n) is 14.8. The van der Waals surface area contributed by atoms with Crippen molar-refractivity contribution in [2.75, 3.05) is 18.0 Å². The highest BCUT2D eigenvalue weighted by atomic mass is 32.1. The fraction of sp³-hybridized carbons (Fsp3) is 0.526. The largest absolute Gasteiger partial charge is 0.356 e. The van der Waals surface area contributed by atoms with E-state index >= 15 is 0 Å². The Balaban J connectivity index is 1.41. The number of hydrogen-bond donors (Lipinski definition) is 0. The van der Waals surface area contributed by atoms with Crippen LogP contribution in [0.5, 0.6) is 0 Å². The minimum absolute atomic E-state index is 0.196. The molecule has 4 rings (SSSR count). The van der Waals surface area contributed by atoms with Crippen LogP contribution in [0, 0.1) is 12.3 Å². The van der Waals surface area contributed by atoms with Crippen LogP contribution in [-0.2, 0) is 11.3 Å². The number of hydrogen-bond acceptors (Lipinski definition) is 5. The molecule has 2 fully saturated rings. The highest BCUT2D eigenvalue weighted by Gasteiger charge is 2.58. The Morgan fingerprint density at radius 3 is 2.84 bits per heavy atom. The molecule has 1 atom stereocenters.